The molecule has 0 unspecified atom stereocenters. The Morgan fingerprint density at radius 2 is 1.86 bits per heavy atom. The molecule has 3 aromatic heterocycles. The van der Waals surface area contributed by atoms with E-state index in [1.54, 1.807) is 12.4 Å². The highest BCUT2D eigenvalue weighted by atomic mass is 16.4. The lowest BCUT2D eigenvalue weighted by Crippen LogP contribution is -2.39. The van der Waals surface area contributed by atoms with Gasteiger partial charge >= 0.3 is 0 Å². The Labute approximate surface area is 214 Å². The predicted molar refractivity (Wildman–Crippen MR) is 143 cm³/mol. The van der Waals surface area contributed by atoms with E-state index < -0.39 is 5.41 Å². The van der Waals surface area contributed by atoms with Crippen molar-refractivity contribution in [1.82, 2.24) is 25.1 Å². The average molecular weight is 487 g/mol. The highest BCUT2D eigenvalue weighted by Crippen LogP contribution is 2.30. The van der Waals surface area contributed by atoms with E-state index in [1.165, 1.54) is 0 Å². The van der Waals surface area contributed by atoms with Crippen LogP contribution in [0.3, 0.4) is 0 Å². The van der Waals surface area contributed by atoms with Crippen molar-refractivity contribution in [3.8, 4) is 40.4 Å². The van der Waals surface area contributed by atoms with Crippen molar-refractivity contribution in [2.45, 2.75) is 45.1 Å². The molecule has 5 rings (SSSR count). The molecule has 9 heteroatoms. The van der Waals surface area contributed by atoms with Crippen LogP contribution in [0.5, 0.6) is 0 Å². The summed E-state index contributed by atoms with van der Waals surface area (Å²) >= 11 is 0. The summed E-state index contributed by atoms with van der Waals surface area (Å²) in [5, 5.41) is 18.1. The molecule has 4 aromatic rings. The number of nitrogens with zero attached hydrogens (tertiary/aromatic N) is 7. The first-order valence-electron chi connectivity index (χ1n) is 12.0. The largest absolute Gasteiger partial charge is 0.415 e. The topological polar surface area (TPSA) is 131 Å². The molecule has 0 bridgehead atoms. The van der Waals surface area contributed by atoms with Gasteiger partial charge in [0.05, 0.1) is 34.8 Å². The number of piperidine rings is 1. The van der Waals surface area contributed by atoms with Gasteiger partial charge in [-0.1, -0.05) is 6.07 Å². The summed E-state index contributed by atoms with van der Waals surface area (Å²) in [6, 6.07) is 14.4. The van der Waals surface area contributed by atoms with Gasteiger partial charge in [-0.05, 0) is 63.9 Å². The fraction of sp³-hybridized carbons (Fsp3) is 0.333. The van der Waals surface area contributed by atoms with Gasteiger partial charge in [0.1, 0.15) is 5.69 Å². The van der Waals surface area contributed by atoms with E-state index >= 15 is 0 Å². The zero-order valence-electron chi connectivity index (χ0n) is 20.6. The van der Waals surface area contributed by atoms with E-state index in [1.807, 2.05) is 45.0 Å². The Hall–Kier alpha value is -4.16. The number of hydrogen-bond donors (Lipinski definition) is 1. The van der Waals surface area contributed by atoms with Crippen LogP contribution in [0.1, 0.15) is 42.4 Å². The highest BCUT2D eigenvalue weighted by molar-refractivity contribution is 5.65. The standard InChI is InChI=1S/C27H28N8O.3H2/c1-17-24(32-22(15-31-17)18-7-10-30-23(14-18)27(2,3)16-28)26-34-33-25(36-26)19-5-4-6-21(13-19)35-11-8-20(29)9-12-35;;;/h4-7,10,13-15,20H,8-9,11-12,29H2,1-3H3;3*1H. The maximum absolute atomic E-state index is 9.48. The minimum Gasteiger partial charge on any atom is -0.415 e. The van der Waals surface area contributed by atoms with Gasteiger partial charge in [-0.3, -0.25) is 9.97 Å². The molecule has 0 saturated carbocycles. The van der Waals surface area contributed by atoms with Gasteiger partial charge in [-0.15, -0.1) is 10.2 Å². The maximum atomic E-state index is 9.48. The summed E-state index contributed by atoms with van der Waals surface area (Å²) in [4.78, 5) is 16.0. The smallest absolute Gasteiger partial charge is 0.268 e. The van der Waals surface area contributed by atoms with Crippen LogP contribution in [-0.2, 0) is 5.41 Å². The fourth-order valence-corrected chi connectivity index (χ4v) is 4.21. The normalized spacial score (nSPS) is 14.6. The third-order valence-electron chi connectivity index (χ3n) is 6.56. The lowest BCUT2D eigenvalue weighted by atomic mass is 9.90. The monoisotopic (exact) mass is 486 g/mol. The van der Waals surface area contributed by atoms with Gasteiger partial charge in [0, 0.05) is 46.4 Å². The molecule has 1 aromatic carbocycles. The van der Waals surface area contributed by atoms with Crippen molar-refractivity contribution in [1.29, 1.82) is 5.26 Å². The van der Waals surface area contributed by atoms with Gasteiger partial charge in [0.2, 0.25) is 5.89 Å². The minimum absolute atomic E-state index is 0. The number of nitrogens with two attached hydrogens (primary N) is 1. The Balaban J connectivity index is 0.00000178. The molecule has 0 radical (unpaired) electrons. The van der Waals surface area contributed by atoms with Crippen LogP contribution in [0.4, 0.5) is 5.69 Å². The van der Waals surface area contributed by atoms with Crippen LogP contribution in [0.25, 0.3) is 34.3 Å². The summed E-state index contributed by atoms with van der Waals surface area (Å²) in [5.41, 5.74) is 10.6. The van der Waals surface area contributed by atoms with Crippen molar-refractivity contribution in [2.75, 3.05) is 18.0 Å². The molecule has 1 aliphatic rings. The van der Waals surface area contributed by atoms with E-state index in [0.29, 0.717) is 34.6 Å². The molecule has 1 saturated heterocycles. The lowest BCUT2D eigenvalue weighted by molar-refractivity contribution is 0.501. The molecule has 0 spiro atoms. The van der Waals surface area contributed by atoms with Crippen LogP contribution in [0.15, 0.2) is 53.2 Å². The summed E-state index contributed by atoms with van der Waals surface area (Å²) in [6.07, 6.45) is 5.34. The quantitative estimate of drug-likeness (QED) is 0.412. The fourth-order valence-electron chi connectivity index (χ4n) is 4.21. The second-order valence-electron chi connectivity index (χ2n) is 9.64. The van der Waals surface area contributed by atoms with Crippen LogP contribution >= 0.6 is 0 Å². The van der Waals surface area contributed by atoms with E-state index in [-0.39, 0.29) is 10.3 Å². The van der Waals surface area contributed by atoms with Gasteiger partial charge in [-0.2, -0.15) is 5.26 Å². The van der Waals surface area contributed by atoms with Gasteiger partial charge in [0.25, 0.3) is 5.89 Å². The molecule has 0 atom stereocenters. The number of aromatic nitrogens is 5. The van der Waals surface area contributed by atoms with Crippen LogP contribution in [0, 0.1) is 18.3 Å². The summed E-state index contributed by atoms with van der Waals surface area (Å²) in [6.45, 7) is 7.39. The molecular weight excluding hydrogens is 452 g/mol. The Morgan fingerprint density at radius 1 is 1.08 bits per heavy atom. The molecule has 1 aliphatic heterocycles. The Bertz CT molecular complexity index is 1440. The molecule has 0 amide bonds. The van der Waals surface area contributed by atoms with Crippen LogP contribution < -0.4 is 10.6 Å². The Kier molecular flexibility index (Phi) is 6.20. The lowest BCUT2D eigenvalue weighted by Gasteiger charge is -2.32. The van der Waals surface area contributed by atoms with Gasteiger partial charge < -0.3 is 15.1 Å². The van der Waals surface area contributed by atoms with E-state index in [4.69, 9.17) is 15.1 Å². The first-order valence-corrected chi connectivity index (χ1v) is 12.0. The Morgan fingerprint density at radius 3 is 2.64 bits per heavy atom. The molecule has 188 valence electrons. The molecule has 2 N–H and O–H groups in total. The maximum Gasteiger partial charge on any atom is 0.268 e. The van der Waals surface area contributed by atoms with Crippen molar-refractivity contribution >= 4 is 5.69 Å². The summed E-state index contributed by atoms with van der Waals surface area (Å²) in [7, 11) is 0. The number of nitriles is 1. The molecular formula is C27H34N8O. The summed E-state index contributed by atoms with van der Waals surface area (Å²) in [5.74, 6) is 0.729. The zero-order valence-corrected chi connectivity index (χ0v) is 20.6. The number of aryl methyl sites for hydroxylation is 1. The van der Waals surface area contributed by atoms with Crippen molar-refractivity contribution in [3.05, 3.63) is 60.2 Å². The minimum atomic E-state index is -0.715. The third-order valence-corrected chi connectivity index (χ3v) is 6.56. The van der Waals surface area contributed by atoms with Gasteiger partial charge in [0.15, 0.2) is 0 Å². The second kappa shape index (κ2) is 9.47. The van der Waals surface area contributed by atoms with E-state index in [9.17, 15) is 5.26 Å². The van der Waals surface area contributed by atoms with Crippen molar-refractivity contribution in [2.24, 2.45) is 5.73 Å². The molecule has 1 fully saturated rings. The highest BCUT2D eigenvalue weighted by Gasteiger charge is 2.23. The van der Waals surface area contributed by atoms with Crippen LogP contribution in [0.2, 0.25) is 0 Å². The van der Waals surface area contributed by atoms with E-state index in [2.05, 4.69) is 43.3 Å². The van der Waals surface area contributed by atoms with Gasteiger partial charge in [-0.25, -0.2) is 4.98 Å². The predicted octanol–water partition coefficient (Wildman–Crippen LogP) is 5.03. The van der Waals surface area contributed by atoms with Crippen molar-refractivity contribution < 1.29 is 8.70 Å². The number of benzene rings is 1. The number of hydrogen-bond acceptors (Lipinski definition) is 9. The zero-order chi connectivity index (χ0) is 25.3. The molecule has 4 heterocycles. The second-order valence-corrected chi connectivity index (χ2v) is 9.64. The van der Waals surface area contributed by atoms with E-state index in [0.717, 1.165) is 42.7 Å². The first kappa shape index (κ1) is 23.6. The first-order chi connectivity index (χ1) is 17.3. The third kappa shape index (κ3) is 4.68. The summed E-state index contributed by atoms with van der Waals surface area (Å²) < 4.78 is 6.06. The molecule has 0 aliphatic carbocycles. The van der Waals surface area contributed by atoms with Crippen LogP contribution in [-0.4, -0.2) is 44.3 Å². The average Bonchev–Trinajstić information content (AvgIpc) is 3.40. The number of rotatable bonds is 5. The molecule has 9 nitrogen and oxygen atoms in total. The SMILES string of the molecule is Cc1ncc(-c2ccnc(C(C)(C)C#N)c2)nc1-c1nnc(-c2cccc(N3CCC(N)CC3)c2)o1.[HH].[HH].[HH]. The number of anilines is 1. The molecule has 36 heavy (non-hydrogen) atoms. The number of pyridine rings is 1. The van der Waals surface area contributed by atoms with Crippen molar-refractivity contribution in [3.63, 3.8) is 0 Å².